The molecule has 0 unspecified atom stereocenters. The number of likely N-dealkylation sites (tertiary alicyclic amines) is 1. The van der Waals surface area contributed by atoms with Crippen LogP contribution in [0.15, 0.2) is 18.5 Å². The molecule has 3 aromatic heterocycles. The smallest absolute Gasteiger partial charge is 0.236 e. The molecule has 0 aromatic carbocycles. The Kier molecular flexibility index (Phi) is 3.57. The summed E-state index contributed by atoms with van der Waals surface area (Å²) in [5.74, 6) is 0.799. The van der Waals surface area contributed by atoms with Gasteiger partial charge in [-0.05, 0) is 18.4 Å². The van der Waals surface area contributed by atoms with Gasteiger partial charge in [-0.3, -0.25) is 14.6 Å². The highest BCUT2D eigenvalue weighted by Gasteiger charge is 2.31. The van der Waals surface area contributed by atoms with Crippen molar-refractivity contribution in [1.82, 2.24) is 24.6 Å². The van der Waals surface area contributed by atoms with E-state index in [1.165, 1.54) is 0 Å². The summed E-state index contributed by atoms with van der Waals surface area (Å²) in [7, 11) is 0. The Balaban J connectivity index is 1.81. The second-order valence-corrected chi connectivity index (χ2v) is 6.61. The van der Waals surface area contributed by atoms with E-state index in [2.05, 4.69) is 22.0 Å². The number of nitrogens with one attached hydrogen (secondary N) is 1. The van der Waals surface area contributed by atoms with Gasteiger partial charge in [0.05, 0.1) is 23.0 Å². The summed E-state index contributed by atoms with van der Waals surface area (Å²) >= 11 is 0. The maximum atomic E-state index is 12.2. The number of nitrogen functional groups attached to an aromatic ring is 1. The molecular formula is C17H19N7O. The molecule has 0 spiro atoms. The lowest BCUT2D eigenvalue weighted by Crippen LogP contribution is -2.44. The largest absolute Gasteiger partial charge is 0.384 e. The Morgan fingerprint density at radius 3 is 3.12 bits per heavy atom. The molecule has 4 rings (SSSR count). The molecule has 3 aromatic rings. The summed E-state index contributed by atoms with van der Waals surface area (Å²) in [5.41, 5.74) is 7.82. The molecule has 1 fully saturated rings. The molecule has 25 heavy (non-hydrogen) atoms. The van der Waals surface area contributed by atoms with Gasteiger partial charge in [0.25, 0.3) is 0 Å². The molecule has 2 atom stereocenters. The fraction of sp³-hybridized carbons (Fsp3) is 0.412. The van der Waals surface area contributed by atoms with Crippen molar-refractivity contribution >= 4 is 33.7 Å². The third kappa shape index (κ3) is 2.39. The van der Waals surface area contributed by atoms with Crippen LogP contribution in [0.4, 0.5) is 5.82 Å². The standard InChI is InChI=1S/C17H19N7O/c1-10-4-7-23(14(25)2-5-18)9-13(10)24-15-11-3-6-20-17(11)21-8-12(15)16(19)22-24/h3,6,8,10,13,22H,2,4,7,9,19H2,1H3/t10-,13+/m1/s1. The molecule has 4 heterocycles. The van der Waals surface area contributed by atoms with Crippen molar-refractivity contribution < 1.29 is 4.79 Å². The van der Waals surface area contributed by atoms with E-state index in [0.29, 0.717) is 30.5 Å². The van der Waals surface area contributed by atoms with Crippen LogP contribution < -0.4 is 5.73 Å². The minimum Gasteiger partial charge on any atom is -0.384 e. The molecule has 0 bridgehead atoms. The van der Waals surface area contributed by atoms with E-state index in [9.17, 15) is 4.79 Å². The zero-order chi connectivity index (χ0) is 17.6. The van der Waals surface area contributed by atoms with Crippen LogP contribution in [0.3, 0.4) is 0 Å². The molecule has 3 N–H and O–H groups in total. The number of fused-ring (bicyclic) bond motifs is 3. The van der Waals surface area contributed by atoms with Crippen LogP contribution in [0.25, 0.3) is 21.9 Å². The average Bonchev–Trinajstić information content (AvgIpc) is 3.20. The Hall–Kier alpha value is -3.08. The number of nitriles is 1. The summed E-state index contributed by atoms with van der Waals surface area (Å²) in [5, 5.41) is 13.8. The number of anilines is 1. The number of aromatic amines is 1. The number of piperidine rings is 1. The molecule has 0 aliphatic carbocycles. The lowest BCUT2D eigenvalue weighted by molar-refractivity contribution is -0.132. The van der Waals surface area contributed by atoms with Gasteiger partial charge in [0.2, 0.25) is 5.91 Å². The van der Waals surface area contributed by atoms with E-state index in [-0.39, 0.29) is 18.4 Å². The van der Waals surface area contributed by atoms with Crippen molar-refractivity contribution in [1.29, 1.82) is 5.26 Å². The normalized spacial score (nSPS) is 20.9. The van der Waals surface area contributed by atoms with Gasteiger partial charge in [0.1, 0.15) is 12.2 Å². The first-order valence-corrected chi connectivity index (χ1v) is 8.34. The third-order valence-corrected chi connectivity index (χ3v) is 5.11. The van der Waals surface area contributed by atoms with E-state index >= 15 is 0 Å². The SMILES string of the molecule is C[C@@H]1CCN(C(=O)CC#N)C[C@@H]1n1[nH]c(N)c2cnc3nccc3c21. The second kappa shape index (κ2) is 5.77. The van der Waals surface area contributed by atoms with Crippen molar-refractivity contribution in [2.24, 2.45) is 5.92 Å². The van der Waals surface area contributed by atoms with Gasteiger partial charge in [-0.15, -0.1) is 0 Å². The Labute approximate surface area is 144 Å². The van der Waals surface area contributed by atoms with Crippen molar-refractivity contribution in [3.63, 3.8) is 0 Å². The van der Waals surface area contributed by atoms with Crippen molar-refractivity contribution in [2.75, 3.05) is 18.8 Å². The Morgan fingerprint density at radius 2 is 2.32 bits per heavy atom. The Morgan fingerprint density at radius 1 is 1.48 bits per heavy atom. The van der Waals surface area contributed by atoms with Crippen molar-refractivity contribution in [3.8, 4) is 6.07 Å². The number of amides is 1. The quantitative estimate of drug-likeness (QED) is 0.740. The molecule has 1 amide bonds. The molecule has 8 nitrogen and oxygen atoms in total. The molecule has 1 aliphatic heterocycles. The summed E-state index contributed by atoms with van der Waals surface area (Å²) < 4.78 is 2.05. The minimum atomic E-state index is -0.120. The molecular weight excluding hydrogens is 318 g/mol. The zero-order valence-electron chi connectivity index (χ0n) is 13.9. The maximum Gasteiger partial charge on any atom is 0.236 e. The number of carbonyl (C=O) groups is 1. The van der Waals surface area contributed by atoms with Crippen molar-refractivity contribution in [3.05, 3.63) is 18.5 Å². The lowest BCUT2D eigenvalue weighted by atomic mass is 9.93. The Bertz CT molecular complexity index is 996. The number of pyridine rings is 1. The predicted octanol–water partition coefficient (Wildman–Crippen LogP) is 1.82. The van der Waals surface area contributed by atoms with E-state index < -0.39 is 0 Å². The molecule has 1 aliphatic rings. The average molecular weight is 337 g/mol. The summed E-state index contributed by atoms with van der Waals surface area (Å²) in [6, 6.07) is 3.93. The maximum absolute atomic E-state index is 12.2. The predicted molar refractivity (Wildman–Crippen MR) is 93.4 cm³/mol. The number of aromatic nitrogens is 4. The number of hydrogen-bond donors (Lipinski definition) is 2. The van der Waals surface area contributed by atoms with Crippen LogP contribution in [0, 0.1) is 17.2 Å². The van der Waals surface area contributed by atoms with Crippen molar-refractivity contribution in [2.45, 2.75) is 25.8 Å². The first-order chi connectivity index (χ1) is 12.1. The zero-order valence-corrected chi connectivity index (χ0v) is 13.9. The van der Waals surface area contributed by atoms with Crippen LogP contribution in [-0.2, 0) is 4.79 Å². The molecule has 128 valence electrons. The first kappa shape index (κ1) is 15.4. The van der Waals surface area contributed by atoms with Gasteiger partial charge in [0.15, 0.2) is 5.65 Å². The summed E-state index contributed by atoms with van der Waals surface area (Å²) in [6.45, 7) is 3.41. The monoisotopic (exact) mass is 337 g/mol. The third-order valence-electron chi connectivity index (χ3n) is 5.11. The topological polar surface area (TPSA) is 117 Å². The second-order valence-electron chi connectivity index (χ2n) is 6.61. The molecule has 0 saturated carbocycles. The number of rotatable bonds is 2. The fourth-order valence-corrected chi connectivity index (χ4v) is 3.69. The van der Waals surface area contributed by atoms with E-state index in [1.54, 1.807) is 17.3 Å². The molecule has 8 heteroatoms. The molecule has 1 saturated heterocycles. The first-order valence-electron chi connectivity index (χ1n) is 8.34. The van der Waals surface area contributed by atoms with Crippen LogP contribution >= 0.6 is 0 Å². The van der Waals surface area contributed by atoms with Crippen LogP contribution in [-0.4, -0.2) is 43.6 Å². The van der Waals surface area contributed by atoms with E-state index in [0.717, 1.165) is 22.7 Å². The number of nitrogens with zero attached hydrogens (tertiary/aromatic N) is 5. The van der Waals surface area contributed by atoms with Crippen LogP contribution in [0.5, 0.6) is 0 Å². The number of hydrogen-bond acceptors (Lipinski definition) is 5. The highest BCUT2D eigenvalue weighted by atomic mass is 16.2. The number of H-pyrrole nitrogens is 1. The van der Waals surface area contributed by atoms with Gasteiger partial charge >= 0.3 is 0 Å². The van der Waals surface area contributed by atoms with Gasteiger partial charge < -0.3 is 10.6 Å². The van der Waals surface area contributed by atoms with Gasteiger partial charge in [0, 0.05) is 30.9 Å². The van der Waals surface area contributed by atoms with Gasteiger partial charge in [-0.1, -0.05) is 6.92 Å². The number of carbonyl (C=O) groups excluding carboxylic acids is 1. The summed E-state index contributed by atoms with van der Waals surface area (Å²) in [4.78, 5) is 22.6. The van der Waals surface area contributed by atoms with E-state index in [4.69, 9.17) is 11.0 Å². The van der Waals surface area contributed by atoms with Crippen LogP contribution in [0.1, 0.15) is 25.8 Å². The van der Waals surface area contributed by atoms with Gasteiger partial charge in [-0.25, -0.2) is 9.97 Å². The van der Waals surface area contributed by atoms with Gasteiger partial charge in [-0.2, -0.15) is 5.26 Å². The fourth-order valence-electron chi connectivity index (χ4n) is 3.69. The lowest BCUT2D eigenvalue weighted by Gasteiger charge is -2.37. The minimum absolute atomic E-state index is 0.0525. The summed E-state index contributed by atoms with van der Waals surface area (Å²) in [6.07, 6.45) is 4.26. The van der Waals surface area contributed by atoms with Crippen LogP contribution in [0.2, 0.25) is 0 Å². The number of nitrogens with two attached hydrogens (primary N) is 1. The molecule has 0 radical (unpaired) electrons. The highest BCUT2D eigenvalue weighted by molar-refractivity contribution is 6.06. The highest BCUT2D eigenvalue weighted by Crippen LogP contribution is 2.34. The van der Waals surface area contributed by atoms with E-state index in [1.807, 2.05) is 16.8 Å².